The van der Waals surface area contributed by atoms with Gasteiger partial charge in [-0.2, -0.15) is 20.4 Å². The van der Waals surface area contributed by atoms with Gasteiger partial charge in [0.25, 0.3) is 0 Å². The van der Waals surface area contributed by atoms with E-state index >= 15 is 0 Å². The highest BCUT2D eigenvalue weighted by Gasteiger charge is 2.24. The summed E-state index contributed by atoms with van der Waals surface area (Å²) in [5.41, 5.74) is 5.31. The number of carbonyl (C=O) groups excluding carboxylic acids is 1. The number of aryl methyl sites for hydroxylation is 4. The van der Waals surface area contributed by atoms with E-state index in [0.717, 1.165) is 82.3 Å². The molecular formula is C38H50N4O7. The van der Waals surface area contributed by atoms with Gasteiger partial charge in [0.15, 0.2) is 0 Å². The predicted octanol–water partition coefficient (Wildman–Crippen LogP) is 5.67. The monoisotopic (exact) mass is 674 g/mol. The maximum Gasteiger partial charge on any atom is 0.302 e. The lowest BCUT2D eigenvalue weighted by Gasteiger charge is -2.24. The fourth-order valence-electron chi connectivity index (χ4n) is 4.91. The number of hydrogen-bond donors (Lipinski definition) is 1. The molecule has 11 nitrogen and oxygen atoms in total. The molecule has 0 radical (unpaired) electrons. The smallest absolute Gasteiger partial charge is 0.302 e. The van der Waals surface area contributed by atoms with Crippen LogP contribution in [-0.2, 0) is 46.0 Å². The highest BCUT2D eigenvalue weighted by Crippen LogP contribution is 2.28. The molecule has 2 aromatic heterocycles. The van der Waals surface area contributed by atoms with Crippen LogP contribution in [0, 0.1) is 0 Å². The molecule has 0 aliphatic carbocycles. The Kier molecular flexibility index (Phi) is 14.3. The van der Waals surface area contributed by atoms with Crippen LogP contribution in [0.5, 0.6) is 23.0 Å². The second-order valence-corrected chi connectivity index (χ2v) is 12.9. The summed E-state index contributed by atoms with van der Waals surface area (Å²) >= 11 is 0. The lowest BCUT2D eigenvalue weighted by atomic mass is 9.86. The molecule has 0 saturated carbocycles. The Balaban J connectivity index is 0.000000267. The molecule has 0 spiro atoms. The maximum absolute atomic E-state index is 11.1. The van der Waals surface area contributed by atoms with E-state index in [1.54, 1.807) is 40.8 Å². The number of aliphatic hydroxyl groups excluding tert-OH is 1. The first-order valence-corrected chi connectivity index (χ1v) is 16.2. The number of benzene rings is 2. The third-order valence-corrected chi connectivity index (χ3v) is 8.29. The van der Waals surface area contributed by atoms with Crippen molar-refractivity contribution in [3.8, 4) is 23.0 Å². The molecule has 49 heavy (non-hydrogen) atoms. The van der Waals surface area contributed by atoms with E-state index in [4.69, 9.17) is 23.7 Å². The van der Waals surface area contributed by atoms with E-state index in [1.165, 1.54) is 6.92 Å². The highest BCUT2D eigenvalue weighted by molar-refractivity contribution is 5.66. The van der Waals surface area contributed by atoms with Gasteiger partial charge in [0.05, 0.1) is 58.8 Å². The molecule has 4 rings (SSSR count). The Labute approximate surface area is 290 Å². The standard InChI is InChI=1S/C20H26N2O4.C18H24N2O3/c1-14(23)26-13-20(2,3)16-10-17(22-21-12-16)8-6-15-7-9-18(24-4)11-19(15)25-5;1-18(2,12-21)14-9-15(20-19-11-14)7-5-13-6-8-16(22-3)10-17(13)23-4/h7,9-12H,6,8,13H2,1-5H3;6,8-11,21H,5,7,12H2,1-4H3. The van der Waals surface area contributed by atoms with Crippen molar-refractivity contribution in [1.82, 2.24) is 20.4 Å². The molecule has 2 aromatic carbocycles. The zero-order chi connectivity index (χ0) is 36.0. The largest absolute Gasteiger partial charge is 0.497 e. The number of aromatic nitrogens is 4. The van der Waals surface area contributed by atoms with Gasteiger partial charge in [0.1, 0.15) is 29.6 Å². The summed E-state index contributed by atoms with van der Waals surface area (Å²) in [4.78, 5) is 11.1. The van der Waals surface area contributed by atoms with E-state index in [9.17, 15) is 9.90 Å². The number of carbonyl (C=O) groups is 1. The summed E-state index contributed by atoms with van der Waals surface area (Å²) in [6.07, 6.45) is 6.49. The van der Waals surface area contributed by atoms with Crippen LogP contribution in [0.4, 0.5) is 0 Å². The fraction of sp³-hybridized carbons (Fsp3) is 0.447. The lowest BCUT2D eigenvalue weighted by molar-refractivity contribution is -0.142. The second-order valence-electron chi connectivity index (χ2n) is 12.9. The summed E-state index contributed by atoms with van der Waals surface area (Å²) in [5, 5.41) is 26.1. The molecule has 1 N–H and O–H groups in total. The summed E-state index contributed by atoms with van der Waals surface area (Å²) in [6.45, 7) is 9.80. The van der Waals surface area contributed by atoms with Gasteiger partial charge in [-0.15, -0.1) is 0 Å². The summed E-state index contributed by atoms with van der Waals surface area (Å²) in [5.74, 6) is 2.86. The van der Waals surface area contributed by atoms with Gasteiger partial charge >= 0.3 is 5.97 Å². The van der Waals surface area contributed by atoms with E-state index in [1.807, 2.05) is 76.2 Å². The molecule has 0 aliphatic rings. The molecule has 0 bridgehead atoms. The van der Waals surface area contributed by atoms with Crippen LogP contribution in [0.3, 0.4) is 0 Å². The van der Waals surface area contributed by atoms with Gasteiger partial charge < -0.3 is 28.8 Å². The van der Waals surface area contributed by atoms with Gasteiger partial charge in [0, 0.05) is 29.9 Å². The molecule has 4 aromatic rings. The Bertz CT molecular complexity index is 1660. The minimum Gasteiger partial charge on any atom is -0.497 e. The number of methoxy groups -OCH3 is 4. The average Bonchev–Trinajstić information content (AvgIpc) is 3.12. The Hall–Kier alpha value is -4.77. The van der Waals surface area contributed by atoms with Crippen LogP contribution in [0.2, 0.25) is 0 Å². The van der Waals surface area contributed by atoms with Crippen LogP contribution in [0.25, 0.3) is 0 Å². The molecule has 0 atom stereocenters. The zero-order valence-corrected chi connectivity index (χ0v) is 30.2. The molecule has 0 unspecified atom stereocenters. The van der Waals surface area contributed by atoms with E-state index in [-0.39, 0.29) is 23.4 Å². The number of esters is 1. The third kappa shape index (κ3) is 11.4. The van der Waals surface area contributed by atoms with Crippen molar-refractivity contribution in [3.63, 3.8) is 0 Å². The highest BCUT2D eigenvalue weighted by atomic mass is 16.5. The third-order valence-electron chi connectivity index (χ3n) is 8.29. The number of rotatable bonds is 15. The topological polar surface area (TPSA) is 135 Å². The minimum atomic E-state index is -0.325. The first-order valence-electron chi connectivity index (χ1n) is 16.2. The Morgan fingerprint density at radius 1 is 0.653 bits per heavy atom. The van der Waals surface area contributed by atoms with Gasteiger partial charge in [0.2, 0.25) is 0 Å². The van der Waals surface area contributed by atoms with Crippen molar-refractivity contribution < 1.29 is 33.6 Å². The van der Waals surface area contributed by atoms with Crippen molar-refractivity contribution in [2.75, 3.05) is 41.7 Å². The van der Waals surface area contributed by atoms with Gasteiger partial charge in [-0.3, -0.25) is 4.79 Å². The van der Waals surface area contributed by atoms with Gasteiger partial charge in [-0.25, -0.2) is 0 Å². The van der Waals surface area contributed by atoms with Crippen LogP contribution in [0.15, 0.2) is 60.9 Å². The SMILES string of the molecule is COc1ccc(CCc2cc(C(C)(C)CO)cnn2)c(OC)c1.COc1ccc(CCc2cc(C(C)(C)COC(C)=O)cnn2)c(OC)c1. The predicted molar refractivity (Wildman–Crippen MR) is 188 cm³/mol. The molecule has 11 heteroatoms. The summed E-state index contributed by atoms with van der Waals surface area (Å²) in [6, 6.07) is 15.6. The van der Waals surface area contributed by atoms with Crippen molar-refractivity contribution in [1.29, 1.82) is 0 Å². The minimum absolute atomic E-state index is 0.0738. The van der Waals surface area contributed by atoms with E-state index < -0.39 is 0 Å². The number of ether oxygens (including phenoxy) is 5. The molecule has 0 saturated heterocycles. The first-order chi connectivity index (χ1) is 23.3. The number of nitrogens with zero attached hydrogens (tertiary/aromatic N) is 4. The lowest BCUT2D eigenvalue weighted by Crippen LogP contribution is -2.26. The second kappa shape index (κ2) is 18.1. The van der Waals surface area contributed by atoms with Crippen LogP contribution in [-0.4, -0.2) is 73.1 Å². The maximum atomic E-state index is 11.1. The van der Waals surface area contributed by atoms with Crippen LogP contribution in [0.1, 0.15) is 68.3 Å². The van der Waals surface area contributed by atoms with Crippen molar-refractivity contribution in [2.45, 2.75) is 71.1 Å². The molecule has 264 valence electrons. The molecule has 0 fully saturated rings. The zero-order valence-electron chi connectivity index (χ0n) is 30.2. The molecule has 0 amide bonds. The number of hydrogen-bond acceptors (Lipinski definition) is 11. The van der Waals surface area contributed by atoms with Crippen molar-refractivity contribution >= 4 is 5.97 Å². The van der Waals surface area contributed by atoms with E-state index in [0.29, 0.717) is 6.61 Å². The van der Waals surface area contributed by atoms with Crippen molar-refractivity contribution in [2.24, 2.45) is 0 Å². The van der Waals surface area contributed by atoms with Crippen molar-refractivity contribution in [3.05, 3.63) is 94.6 Å². The van der Waals surface area contributed by atoms with Crippen LogP contribution >= 0.6 is 0 Å². The Morgan fingerprint density at radius 2 is 1.10 bits per heavy atom. The fourth-order valence-corrected chi connectivity index (χ4v) is 4.91. The molecular weight excluding hydrogens is 624 g/mol. The first kappa shape index (κ1) is 38.7. The normalized spacial score (nSPS) is 11.2. The number of aliphatic hydroxyl groups is 1. The summed E-state index contributed by atoms with van der Waals surface area (Å²) in [7, 11) is 6.57. The van der Waals surface area contributed by atoms with Gasteiger partial charge in [-0.1, -0.05) is 39.8 Å². The Morgan fingerprint density at radius 3 is 1.49 bits per heavy atom. The quantitative estimate of drug-likeness (QED) is 0.156. The van der Waals surface area contributed by atoms with Crippen LogP contribution < -0.4 is 18.9 Å². The summed E-state index contributed by atoms with van der Waals surface area (Å²) < 4.78 is 26.5. The average molecular weight is 675 g/mol. The molecule has 2 heterocycles. The van der Waals surface area contributed by atoms with E-state index in [2.05, 4.69) is 20.4 Å². The van der Waals surface area contributed by atoms with Gasteiger partial charge in [-0.05, 0) is 72.2 Å². The molecule has 0 aliphatic heterocycles.